The summed E-state index contributed by atoms with van der Waals surface area (Å²) in [5, 5.41) is 15.7. The van der Waals surface area contributed by atoms with Gasteiger partial charge in [0.05, 0.1) is 5.52 Å². The average Bonchev–Trinajstić information content (AvgIpc) is 2.71. The Morgan fingerprint density at radius 1 is 1.50 bits per heavy atom. The Hall–Kier alpha value is -2.21. The number of nitroso groups, excluding NO2 is 1. The molecule has 2 aromatic rings. The monoisotopic (exact) mass is 275 g/mol. The van der Waals surface area contributed by atoms with E-state index < -0.39 is 12.0 Å². The van der Waals surface area contributed by atoms with Crippen molar-refractivity contribution in [1.82, 2.24) is 9.88 Å². The van der Waals surface area contributed by atoms with Crippen LogP contribution in [0.2, 0.25) is 0 Å². The second-order valence-corrected chi connectivity index (χ2v) is 4.92. The molecule has 0 aliphatic rings. The molecule has 1 aromatic heterocycles. The van der Waals surface area contributed by atoms with Crippen molar-refractivity contribution < 1.29 is 9.90 Å². The van der Waals surface area contributed by atoms with E-state index in [2.05, 4.69) is 10.5 Å². The molecule has 2 rings (SSSR count). The van der Waals surface area contributed by atoms with Crippen LogP contribution in [-0.4, -0.2) is 28.7 Å². The fraction of sp³-hybridized carbons (Fsp3) is 0.357. The number of fused-ring (bicyclic) bond motifs is 1. The third kappa shape index (κ3) is 2.42. The van der Waals surface area contributed by atoms with Gasteiger partial charge in [-0.1, -0.05) is 0 Å². The lowest BCUT2D eigenvalue weighted by Gasteiger charge is -2.10. The highest BCUT2D eigenvalue weighted by atomic mass is 16.4. The maximum absolute atomic E-state index is 11.1. The zero-order valence-corrected chi connectivity index (χ0v) is 11.7. The number of hydrogen-bond acceptors (Lipinski definition) is 4. The lowest BCUT2D eigenvalue weighted by atomic mass is 10.0. The zero-order chi connectivity index (χ0) is 14.9. The highest BCUT2D eigenvalue weighted by Crippen LogP contribution is 2.32. The summed E-state index contributed by atoms with van der Waals surface area (Å²) >= 11 is 0. The van der Waals surface area contributed by atoms with E-state index in [4.69, 9.17) is 5.11 Å². The minimum absolute atomic E-state index is 0.300. The summed E-state index contributed by atoms with van der Waals surface area (Å²) in [5.74, 6) is -0.919. The first-order chi connectivity index (χ1) is 9.47. The van der Waals surface area contributed by atoms with E-state index in [9.17, 15) is 9.70 Å². The maximum atomic E-state index is 11.1. The van der Waals surface area contributed by atoms with Crippen LogP contribution >= 0.6 is 0 Å². The van der Waals surface area contributed by atoms with Crippen LogP contribution in [0, 0.1) is 11.8 Å². The van der Waals surface area contributed by atoms with Crippen LogP contribution in [-0.2, 0) is 18.3 Å². The number of rotatable bonds is 5. The molecule has 0 bridgehead atoms. The van der Waals surface area contributed by atoms with Gasteiger partial charge < -0.3 is 15.0 Å². The van der Waals surface area contributed by atoms with Gasteiger partial charge in [-0.25, -0.2) is 0 Å². The predicted molar refractivity (Wildman–Crippen MR) is 77.3 cm³/mol. The maximum Gasteiger partial charge on any atom is 0.321 e. The van der Waals surface area contributed by atoms with E-state index in [1.54, 1.807) is 13.1 Å². The molecule has 1 atom stereocenters. The summed E-state index contributed by atoms with van der Waals surface area (Å²) in [4.78, 5) is 22.2. The van der Waals surface area contributed by atoms with Crippen LogP contribution in [0.1, 0.15) is 11.1 Å². The fourth-order valence-electron chi connectivity index (χ4n) is 2.48. The molecule has 0 saturated carbocycles. The SMILES string of the molecule is CNC(Cc1cn(C)c2cc(C)cc(N=O)c12)C(=O)O. The van der Waals surface area contributed by atoms with Crippen molar-refractivity contribution in [3.63, 3.8) is 0 Å². The van der Waals surface area contributed by atoms with E-state index in [0.717, 1.165) is 22.0 Å². The van der Waals surface area contributed by atoms with Crippen LogP contribution < -0.4 is 5.32 Å². The molecule has 20 heavy (non-hydrogen) atoms. The second-order valence-electron chi connectivity index (χ2n) is 4.92. The Bertz CT molecular complexity index is 676. The molecule has 6 heteroatoms. The molecule has 0 aliphatic heterocycles. The van der Waals surface area contributed by atoms with Crippen molar-refractivity contribution in [2.24, 2.45) is 12.2 Å². The van der Waals surface area contributed by atoms with Gasteiger partial charge in [0.2, 0.25) is 0 Å². The minimum atomic E-state index is -0.919. The van der Waals surface area contributed by atoms with Crippen LogP contribution in [0.5, 0.6) is 0 Å². The third-order valence-electron chi connectivity index (χ3n) is 3.46. The molecular formula is C14H17N3O3. The molecule has 0 radical (unpaired) electrons. The van der Waals surface area contributed by atoms with Crippen molar-refractivity contribution in [2.75, 3.05) is 7.05 Å². The number of benzene rings is 1. The number of aliphatic carboxylic acids is 1. The van der Waals surface area contributed by atoms with E-state index in [1.165, 1.54) is 0 Å². The Morgan fingerprint density at radius 2 is 2.20 bits per heavy atom. The predicted octanol–water partition coefficient (Wildman–Crippen LogP) is 2.10. The number of likely N-dealkylation sites (N-methyl/N-ethyl adjacent to an activating group) is 1. The van der Waals surface area contributed by atoms with Gasteiger partial charge in [-0.2, -0.15) is 0 Å². The van der Waals surface area contributed by atoms with Crippen LogP contribution in [0.25, 0.3) is 10.9 Å². The molecule has 0 saturated heterocycles. The molecule has 1 heterocycles. The number of carboxylic acid groups (broad SMARTS) is 1. The molecule has 6 nitrogen and oxygen atoms in total. The number of carboxylic acids is 1. The van der Waals surface area contributed by atoms with Crippen molar-refractivity contribution in [3.8, 4) is 0 Å². The van der Waals surface area contributed by atoms with E-state index >= 15 is 0 Å². The van der Waals surface area contributed by atoms with Gasteiger partial charge in [-0.15, -0.1) is 4.91 Å². The molecule has 106 valence electrons. The first-order valence-electron chi connectivity index (χ1n) is 6.30. The van der Waals surface area contributed by atoms with E-state index in [0.29, 0.717) is 12.1 Å². The molecule has 0 spiro atoms. The van der Waals surface area contributed by atoms with Gasteiger partial charge in [0.1, 0.15) is 11.7 Å². The lowest BCUT2D eigenvalue weighted by molar-refractivity contribution is -0.139. The highest BCUT2D eigenvalue weighted by Gasteiger charge is 2.20. The third-order valence-corrected chi connectivity index (χ3v) is 3.46. The quantitative estimate of drug-likeness (QED) is 0.818. The van der Waals surface area contributed by atoms with E-state index in [-0.39, 0.29) is 0 Å². The van der Waals surface area contributed by atoms with Crippen molar-refractivity contribution in [1.29, 1.82) is 0 Å². The number of nitrogens with zero attached hydrogens (tertiary/aromatic N) is 2. The molecular weight excluding hydrogens is 258 g/mol. The first kappa shape index (κ1) is 14.2. The minimum Gasteiger partial charge on any atom is -0.480 e. The molecule has 0 fully saturated rings. The van der Waals surface area contributed by atoms with Gasteiger partial charge in [0.25, 0.3) is 0 Å². The van der Waals surface area contributed by atoms with Gasteiger partial charge >= 0.3 is 5.97 Å². The topological polar surface area (TPSA) is 83.7 Å². The standard InChI is InChI=1S/C14H17N3O3/c1-8-4-10(16-20)13-9(6-11(15-2)14(18)19)7-17(3)12(13)5-8/h4-5,7,11,15H,6H2,1-3H3,(H,18,19). The zero-order valence-electron chi connectivity index (χ0n) is 11.7. The molecule has 0 amide bonds. The van der Waals surface area contributed by atoms with Gasteiger partial charge in [-0.3, -0.25) is 4.79 Å². The lowest BCUT2D eigenvalue weighted by Crippen LogP contribution is -2.35. The summed E-state index contributed by atoms with van der Waals surface area (Å²) in [7, 11) is 3.47. The smallest absolute Gasteiger partial charge is 0.321 e. The number of aryl methyl sites for hydroxylation is 2. The van der Waals surface area contributed by atoms with Crippen LogP contribution in [0.4, 0.5) is 5.69 Å². The molecule has 1 unspecified atom stereocenters. The van der Waals surface area contributed by atoms with Crippen molar-refractivity contribution in [2.45, 2.75) is 19.4 Å². The van der Waals surface area contributed by atoms with E-state index in [1.807, 2.05) is 30.8 Å². The number of carbonyl (C=O) groups is 1. The Balaban J connectivity index is 2.59. The summed E-state index contributed by atoms with van der Waals surface area (Å²) < 4.78 is 1.89. The van der Waals surface area contributed by atoms with Gasteiger partial charge in [0.15, 0.2) is 0 Å². The van der Waals surface area contributed by atoms with Crippen molar-refractivity contribution >= 4 is 22.6 Å². The molecule has 0 aliphatic carbocycles. The number of aromatic nitrogens is 1. The Kier molecular flexibility index (Phi) is 3.85. The van der Waals surface area contributed by atoms with Gasteiger partial charge in [-0.05, 0) is 42.4 Å². The number of nitrogens with one attached hydrogen (secondary N) is 1. The second kappa shape index (κ2) is 5.42. The average molecular weight is 275 g/mol. The Labute approximate surface area is 116 Å². The highest BCUT2D eigenvalue weighted by molar-refractivity contribution is 5.95. The summed E-state index contributed by atoms with van der Waals surface area (Å²) in [5.41, 5.74) is 2.99. The Morgan fingerprint density at radius 3 is 2.75 bits per heavy atom. The first-order valence-corrected chi connectivity index (χ1v) is 6.30. The molecule has 1 aromatic carbocycles. The number of hydrogen-bond donors (Lipinski definition) is 2. The van der Waals surface area contributed by atoms with Crippen LogP contribution in [0.3, 0.4) is 0 Å². The normalized spacial score (nSPS) is 12.6. The van der Waals surface area contributed by atoms with Crippen molar-refractivity contribution in [3.05, 3.63) is 34.4 Å². The van der Waals surface area contributed by atoms with Crippen LogP contribution in [0.15, 0.2) is 23.5 Å². The summed E-state index contributed by atoms with van der Waals surface area (Å²) in [6.07, 6.45) is 2.15. The largest absolute Gasteiger partial charge is 0.480 e. The van der Waals surface area contributed by atoms with Gasteiger partial charge in [0, 0.05) is 25.1 Å². The summed E-state index contributed by atoms with van der Waals surface area (Å²) in [6, 6.07) is 2.98. The summed E-state index contributed by atoms with van der Waals surface area (Å²) in [6.45, 7) is 1.90. The fourth-order valence-corrected chi connectivity index (χ4v) is 2.48. The molecule has 2 N–H and O–H groups in total.